The van der Waals surface area contributed by atoms with E-state index in [1.54, 1.807) is 19.2 Å². The number of amides is 2. The van der Waals surface area contributed by atoms with Crippen LogP contribution in [0.2, 0.25) is 0 Å². The van der Waals surface area contributed by atoms with Gasteiger partial charge in [-0.05, 0) is 12.1 Å². The van der Waals surface area contributed by atoms with Gasteiger partial charge >= 0.3 is 6.03 Å². The van der Waals surface area contributed by atoms with Crippen LogP contribution in [0, 0.1) is 11.2 Å². The van der Waals surface area contributed by atoms with Crippen molar-refractivity contribution < 1.29 is 9.18 Å². The molecule has 1 heterocycles. The topological polar surface area (TPSA) is 47.4 Å². The summed E-state index contributed by atoms with van der Waals surface area (Å²) in [6.45, 7) is 0.215. The Morgan fingerprint density at radius 1 is 1.40 bits per heavy atom. The van der Waals surface area contributed by atoms with Crippen molar-refractivity contribution in [3.63, 3.8) is 0 Å². The smallest absolute Gasteiger partial charge is 0.320 e. The van der Waals surface area contributed by atoms with E-state index in [0.29, 0.717) is 0 Å². The molecule has 2 rings (SSSR count). The molecule has 5 heteroatoms. The minimum Gasteiger partial charge on any atom is -0.320 e. The molecule has 78 valence electrons. The SMILES string of the molecule is CN1CC(=N)N(c2ccccc2F)C1=O. The molecule has 15 heavy (non-hydrogen) atoms. The van der Waals surface area contributed by atoms with E-state index < -0.39 is 5.82 Å². The fraction of sp³-hybridized carbons (Fsp3) is 0.200. The summed E-state index contributed by atoms with van der Waals surface area (Å²) in [6, 6.07) is 5.57. The fourth-order valence-electron chi connectivity index (χ4n) is 1.53. The molecule has 2 amide bonds. The first-order chi connectivity index (χ1) is 7.11. The van der Waals surface area contributed by atoms with Gasteiger partial charge < -0.3 is 4.90 Å². The fourth-order valence-corrected chi connectivity index (χ4v) is 1.53. The Hall–Kier alpha value is -1.91. The number of rotatable bonds is 1. The third kappa shape index (κ3) is 1.45. The normalized spacial score (nSPS) is 16.4. The zero-order valence-corrected chi connectivity index (χ0v) is 8.20. The summed E-state index contributed by atoms with van der Waals surface area (Å²) >= 11 is 0. The first-order valence-electron chi connectivity index (χ1n) is 4.48. The number of anilines is 1. The van der Waals surface area contributed by atoms with Crippen molar-refractivity contribution in [3.8, 4) is 0 Å². The molecule has 1 saturated heterocycles. The van der Waals surface area contributed by atoms with Gasteiger partial charge in [-0.3, -0.25) is 5.41 Å². The van der Waals surface area contributed by atoms with Crippen LogP contribution in [0.5, 0.6) is 0 Å². The largest absolute Gasteiger partial charge is 0.330 e. The number of amidine groups is 1. The van der Waals surface area contributed by atoms with Gasteiger partial charge in [-0.15, -0.1) is 0 Å². The lowest BCUT2D eigenvalue weighted by molar-refractivity contribution is 0.229. The lowest BCUT2D eigenvalue weighted by Crippen LogP contribution is -2.31. The molecule has 1 aliphatic heterocycles. The zero-order valence-electron chi connectivity index (χ0n) is 8.20. The van der Waals surface area contributed by atoms with E-state index >= 15 is 0 Å². The van der Waals surface area contributed by atoms with Crippen LogP contribution in [-0.2, 0) is 0 Å². The number of nitrogens with one attached hydrogen (secondary N) is 1. The molecule has 1 aromatic carbocycles. The summed E-state index contributed by atoms with van der Waals surface area (Å²) in [5.41, 5.74) is 0.136. The molecule has 0 unspecified atom stereocenters. The van der Waals surface area contributed by atoms with Crippen LogP contribution in [-0.4, -0.2) is 30.4 Å². The molecular weight excluding hydrogens is 197 g/mol. The van der Waals surface area contributed by atoms with Gasteiger partial charge in [0.1, 0.15) is 11.7 Å². The molecule has 1 aromatic rings. The van der Waals surface area contributed by atoms with Crippen LogP contribution in [0.25, 0.3) is 0 Å². The van der Waals surface area contributed by atoms with Gasteiger partial charge in [0.15, 0.2) is 0 Å². The highest BCUT2D eigenvalue weighted by Crippen LogP contribution is 2.23. The Morgan fingerprint density at radius 3 is 2.60 bits per heavy atom. The monoisotopic (exact) mass is 207 g/mol. The maximum atomic E-state index is 13.4. The summed E-state index contributed by atoms with van der Waals surface area (Å²) in [4.78, 5) is 14.1. The molecule has 0 radical (unpaired) electrons. The van der Waals surface area contributed by atoms with Gasteiger partial charge in [0.25, 0.3) is 0 Å². The lowest BCUT2D eigenvalue weighted by Gasteiger charge is -2.15. The molecule has 1 aliphatic rings. The number of nitrogens with zero attached hydrogens (tertiary/aromatic N) is 2. The molecule has 0 bridgehead atoms. The Labute approximate surface area is 86.4 Å². The van der Waals surface area contributed by atoms with E-state index in [0.717, 1.165) is 4.90 Å². The maximum absolute atomic E-state index is 13.4. The van der Waals surface area contributed by atoms with Gasteiger partial charge in [0.05, 0.1) is 12.2 Å². The number of urea groups is 1. The summed E-state index contributed by atoms with van der Waals surface area (Å²) in [6.07, 6.45) is 0. The van der Waals surface area contributed by atoms with Gasteiger partial charge in [-0.1, -0.05) is 12.1 Å². The Balaban J connectivity index is 2.44. The van der Waals surface area contributed by atoms with E-state index in [9.17, 15) is 9.18 Å². The molecule has 4 nitrogen and oxygen atoms in total. The van der Waals surface area contributed by atoms with Crippen LogP contribution in [0.1, 0.15) is 0 Å². The van der Waals surface area contributed by atoms with Crippen molar-refractivity contribution >= 4 is 17.6 Å². The lowest BCUT2D eigenvalue weighted by atomic mass is 10.3. The predicted octanol–water partition coefficient (Wildman–Crippen LogP) is 1.67. The second-order valence-corrected chi connectivity index (χ2v) is 3.37. The molecule has 1 N–H and O–H groups in total. The van der Waals surface area contributed by atoms with Crippen LogP contribution >= 0.6 is 0 Å². The molecular formula is C10H10FN3O. The Kier molecular flexibility index (Phi) is 2.15. The van der Waals surface area contributed by atoms with Gasteiger partial charge in [-0.25, -0.2) is 14.1 Å². The summed E-state index contributed by atoms with van der Waals surface area (Å²) in [5.74, 6) is -0.404. The van der Waals surface area contributed by atoms with Crippen molar-refractivity contribution in [2.24, 2.45) is 0 Å². The third-order valence-electron chi connectivity index (χ3n) is 2.27. The maximum Gasteiger partial charge on any atom is 0.330 e. The van der Waals surface area contributed by atoms with Gasteiger partial charge in [0, 0.05) is 7.05 Å². The zero-order chi connectivity index (χ0) is 11.0. The summed E-state index contributed by atoms with van der Waals surface area (Å²) in [5, 5.41) is 7.60. The molecule has 0 aromatic heterocycles. The van der Waals surface area contributed by atoms with E-state index in [4.69, 9.17) is 5.41 Å². The highest BCUT2D eigenvalue weighted by molar-refractivity contribution is 6.20. The standard InChI is InChI=1S/C10H10FN3O/c1-13-6-9(12)14(10(13)15)8-5-3-2-4-7(8)11/h2-5,12H,6H2,1H3. The second-order valence-electron chi connectivity index (χ2n) is 3.37. The minimum absolute atomic E-state index is 0.0904. The first-order valence-corrected chi connectivity index (χ1v) is 4.48. The minimum atomic E-state index is -0.495. The van der Waals surface area contributed by atoms with Gasteiger partial charge in [-0.2, -0.15) is 0 Å². The third-order valence-corrected chi connectivity index (χ3v) is 2.27. The predicted molar refractivity (Wildman–Crippen MR) is 54.6 cm³/mol. The van der Waals surface area contributed by atoms with Crippen molar-refractivity contribution in [2.45, 2.75) is 0 Å². The van der Waals surface area contributed by atoms with Crippen molar-refractivity contribution in [2.75, 3.05) is 18.5 Å². The molecule has 0 atom stereocenters. The Morgan fingerprint density at radius 2 is 2.07 bits per heavy atom. The number of likely N-dealkylation sites (N-methyl/N-ethyl adjacent to an activating group) is 1. The summed E-state index contributed by atoms with van der Waals surface area (Å²) < 4.78 is 13.4. The highest BCUT2D eigenvalue weighted by atomic mass is 19.1. The average molecular weight is 207 g/mol. The van der Waals surface area contributed by atoms with E-state index in [1.807, 2.05) is 0 Å². The first kappa shape index (κ1) is 9.64. The second kappa shape index (κ2) is 3.34. The van der Waals surface area contributed by atoms with Crippen LogP contribution in [0.4, 0.5) is 14.9 Å². The van der Waals surface area contributed by atoms with Crippen LogP contribution < -0.4 is 4.90 Å². The Bertz CT molecular complexity index is 432. The highest BCUT2D eigenvalue weighted by Gasteiger charge is 2.33. The number of carbonyl (C=O) groups is 1. The molecule has 0 saturated carbocycles. The molecule has 0 aliphatic carbocycles. The van der Waals surface area contributed by atoms with Crippen molar-refractivity contribution in [1.82, 2.24) is 4.90 Å². The quantitative estimate of drug-likeness (QED) is 0.748. The number of para-hydroxylation sites is 1. The molecule has 0 spiro atoms. The average Bonchev–Trinajstić information content (AvgIpc) is 2.43. The van der Waals surface area contributed by atoms with Crippen molar-refractivity contribution in [3.05, 3.63) is 30.1 Å². The molecule has 1 fully saturated rings. The van der Waals surface area contributed by atoms with E-state index in [1.165, 1.54) is 17.0 Å². The number of halogens is 1. The number of carbonyl (C=O) groups excluding carboxylic acids is 1. The van der Waals surface area contributed by atoms with Gasteiger partial charge in [0.2, 0.25) is 0 Å². The number of benzene rings is 1. The van der Waals surface area contributed by atoms with Crippen molar-refractivity contribution in [1.29, 1.82) is 5.41 Å². The number of hydrogen-bond acceptors (Lipinski definition) is 2. The number of hydrogen-bond donors (Lipinski definition) is 1. The van der Waals surface area contributed by atoms with E-state index in [2.05, 4.69) is 0 Å². The van der Waals surface area contributed by atoms with E-state index in [-0.39, 0.29) is 24.1 Å². The summed E-state index contributed by atoms with van der Waals surface area (Å²) in [7, 11) is 1.58. The van der Waals surface area contributed by atoms with Crippen LogP contribution in [0.15, 0.2) is 24.3 Å². The van der Waals surface area contributed by atoms with Crippen LogP contribution in [0.3, 0.4) is 0 Å².